The van der Waals surface area contributed by atoms with Crippen molar-refractivity contribution < 1.29 is 15.0 Å². The Bertz CT molecular complexity index is 275. The van der Waals surface area contributed by atoms with Crippen molar-refractivity contribution in [1.29, 1.82) is 0 Å². The summed E-state index contributed by atoms with van der Waals surface area (Å²) >= 11 is 5.00. The molecular weight excluding hydrogens is 290 g/mol. The number of para-hydroxylation sites is 1. The fourth-order valence-corrected chi connectivity index (χ4v) is 0.654. The molecule has 0 unspecified atom stereocenters. The number of carboxylic acids is 1. The molecule has 0 aliphatic carbocycles. The van der Waals surface area contributed by atoms with Crippen LogP contribution < -0.4 is 0 Å². The molecule has 5 heteroatoms. The van der Waals surface area contributed by atoms with Crippen LogP contribution in [0.4, 0.5) is 0 Å². The van der Waals surface area contributed by atoms with E-state index in [0.29, 0.717) is 0 Å². The van der Waals surface area contributed by atoms with Crippen LogP contribution in [-0.4, -0.2) is 43.5 Å². The standard InChI is InChI=1S/C7H6O3.Se2/c8-6-4-2-1-3-5(6)7(9)10;1-2/h1-4,8H,(H,9,10);. The van der Waals surface area contributed by atoms with Gasteiger partial charge in [0, 0.05) is 0 Å². The Morgan fingerprint density at radius 2 is 1.75 bits per heavy atom. The maximum absolute atomic E-state index is 10.3. The summed E-state index contributed by atoms with van der Waals surface area (Å²) in [7, 11) is 0. The summed E-state index contributed by atoms with van der Waals surface area (Å²) in [6, 6.07) is 5.81. The van der Waals surface area contributed by atoms with Crippen molar-refractivity contribution in [2.75, 3.05) is 0 Å². The zero-order valence-corrected chi connectivity index (χ0v) is 9.35. The number of hydrogen-bond donors (Lipinski definition) is 2. The van der Waals surface area contributed by atoms with Gasteiger partial charge in [-0.15, -0.1) is 0 Å². The number of phenols is 1. The maximum atomic E-state index is 10.3. The Morgan fingerprint density at radius 3 is 2.08 bits per heavy atom. The van der Waals surface area contributed by atoms with E-state index in [2.05, 4.69) is 27.3 Å². The summed E-state index contributed by atoms with van der Waals surface area (Å²) in [6.07, 6.45) is 0. The molecule has 1 aromatic rings. The molecule has 0 aliphatic rings. The number of rotatable bonds is 1. The van der Waals surface area contributed by atoms with Crippen LogP contribution >= 0.6 is 0 Å². The van der Waals surface area contributed by atoms with E-state index in [1.165, 1.54) is 12.1 Å². The fourth-order valence-electron chi connectivity index (χ4n) is 0.654. The van der Waals surface area contributed by atoms with Crippen molar-refractivity contribution in [3.8, 4) is 5.75 Å². The first-order valence-corrected chi connectivity index (χ1v) is 7.23. The number of aromatic carboxylic acids is 1. The second kappa shape index (κ2) is 6.09. The summed E-state index contributed by atoms with van der Waals surface area (Å²) in [4.78, 5) is 10.3. The van der Waals surface area contributed by atoms with Gasteiger partial charge in [-0.05, 0) is 12.1 Å². The summed E-state index contributed by atoms with van der Waals surface area (Å²) in [5.41, 5.74) is -0.0671. The molecule has 0 fully saturated rings. The number of benzene rings is 1. The van der Waals surface area contributed by atoms with Gasteiger partial charge in [0.2, 0.25) is 0 Å². The van der Waals surface area contributed by atoms with Crippen LogP contribution in [0.25, 0.3) is 0 Å². The van der Waals surface area contributed by atoms with Crippen molar-refractivity contribution in [3.05, 3.63) is 29.8 Å². The zero-order valence-electron chi connectivity index (χ0n) is 5.93. The van der Waals surface area contributed by atoms with Crippen LogP contribution in [0.2, 0.25) is 0 Å². The molecule has 0 radical (unpaired) electrons. The normalized spacial score (nSPS) is 8.00. The second-order valence-corrected chi connectivity index (χ2v) is 1.82. The van der Waals surface area contributed by atoms with E-state index in [0.717, 1.165) is 0 Å². The summed E-state index contributed by atoms with van der Waals surface area (Å²) in [5, 5.41) is 17.3. The van der Waals surface area contributed by atoms with E-state index in [1.807, 2.05) is 0 Å². The predicted octanol–water partition coefficient (Wildman–Crippen LogP) is 0.329. The second-order valence-electron chi connectivity index (χ2n) is 1.82. The van der Waals surface area contributed by atoms with Gasteiger partial charge in [0.1, 0.15) is 11.3 Å². The number of aromatic hydroxyl groups is 1. The molecule has 1 aromatic carbocycles. The molecule has 0 aliphatic heterocycles. The number of carboxylic acid groups (broad SMARTS) is 1. The molecule has 0 saturated heterocycles. The molecule has 0 bridgehead atoms. The van der Waals surface area contributed by atoms with Gasteiger partial charge >= 0.3 is 33.3 Å². The van der Waals surface area contributed by atoms with Gasteiger partial charge in [-0.2, -0.15) is 0 Å². The Morgan fingerprint density at radius 1 is 1.25 bits per heavy atom. The van der Waals surface area contributed by atoms with E-state index >= 15 is 0 Å². The molecule has 0 heterocycles. The van der Waals surface area contributed by atoms with Crippen molar-refractivity contribution in [1.82, 2.24) is 0 Å². The third-order valence-electron chi connectivity index (χ3n) is 1.13. The molecule has 2 N–H and O–H groups in total. The molecule has 0 amide bonds. The molecule has 64 valence electrons. The molecule has 0 spiro atoms. The Kier molecular flexibility index (Phi) is 5.85. The molecular formula is C7H6O3Se2. The van der Waals surface area contributed by atoms with Crippen LogP contribution in [0.3, 0.4) is 0 Å². The molecule has 0 saturated carbocycles. The summed E-state index contributed by atoms with van der Waals surface area (Å²) in [6.45, 7) is 0. The van der Waals surface area contributed by atoms with E-state index in [4.69, 9.17) is 10.2 Å². The van der Waals surface area contributed by atoms with Crippen LogP contribution in [0.15, 0.2) is 24.3 Å². The van der Waals surface area contributed by atoms with Crippen LogP contribution in [0.5, 0.6) is 5.75 Å². The number of carbonyl (C=O) groups is 1. The minimum atomic E-state index is -1.11. The molecule has 1 rings (SSSR count). The zero-order chi connectivity index (χ0) is 9.56. The van der Waals surface area contributed by atoms with E-state index in [1.54, 1.807) is 12.1 Å². The van der Waals surface area contributed by atoms with Crippen molar-refractivity contribution >= 4 is 33.3 Å². The van der Waals surface area contributed by atoms with Crippen molar-refractivity contribution in [2.24, 2.45) is 0 Å². The first-order chi connectivity index (χ1) is 5.72. The van der Waals surface area contributed by atoms with Gasteiger partial charge in [0.05, 0.1) is 0 Å². The third kappa shape index (κ3) is 3.28. The van der Waals surface area contributed by atoms with Gasteiger partial charge < -0.3 is 10.2 Å². The van der Waals surface area contributed by atoms with Crippen molar-refractivity contribution in [2.45, 2.75) is 0 Å². The van der Waals surface area contributed by atoms with Gasteiger partial charge in [-0.3, -0.25) is 0 Å². The van der Waals surface area contributed by atoms with Gasteiger partial charge in [-0.1, -0.05) is 12.1 Å². The first kappa shape index (κ1) is 11.5. The van der Waals surface area contributed by atoms with E-state index < -0.39 is 5.97 Å². The summed E-state index contributed by atoms with van der Waals surface area (Å²) < 4.78 is 0. The fraction of sp³-hybridized carbons (Fsp3) is 0. The molecule has 3 nitrogen and oxygen atoms in total. The Balaban J connectivity index is 0.000000561. The van der Waals surface area contributed by atoms with E-state index in [-0.39, 0.29) is 11.3 Å². The Labute approximate surface area is 83.9 Å². The monoisotopic (exact) mass is 298 g/mol. The molecule has 12 heavy (non-hydrogen) atoms. The average molecular weight is 296 g/mol. The quantitative estimate of drug-likeness (QED) is 0.734. The van der Waals surface area contributed by atoms with Crippen LogP contribution in [-0.2, 0) is 0 Å². The first-order valence-electron chi connectivity index (χ1n) is 2.90. The van der Waals surface area contributed by atoms with Crippen molar-refractivity contribution in [3.63, 3.8) is 0 Å². The predicted molar refractivity (Wildman–Crippen MR) is 46.6 cm³/mol. The molecule has 0 aromatic heterocycles. The SMILES string of the molecule is O=C(O)c1ccccc1O.[Se]=[Se]. The average Bonchev–Trinajstić information content (AvgIpc) is 2.08. The van der Waals surface area contributed by atoms with Gasteiger partial charge in [-0.25, -0.2) is 4.79 Å². The van der Waals surface area contributed by atoms with Gasteiger partial charge in [0.15, 0.2) is 0 Å². The third-order valence-corrected chi connectivity index (χ3v) is 1.13. The van der Waals surface area contributed by atoms with Gasteiger partial charge in [0.25, 0.3) is 0 Å². The van der Waals surface area contributed by atoms with Crippen LogP contribution in [0.1, 0.15) is 10.4 Å². The molecule has 0 atom stereocenters. The van der Waals surface area contributed by atoms with E-state index in [9.17, 15) is 4.79 Å². The Hall–Kier alpha value is -0.471. The van der Waals surface area contributed by atoms with Crippen LogP contribution in [0, 0.1) is 0 Å². The summed E-state index contributed by atoms with van der Waals surface area (Å²) in [5.74, 6) is -1.31. The topological polar surface area (TPSA) is 57.5 Å². The number of hydrogen-bond acceptors (Lipinski definition) is 2. The minimum absolute atomic E-state index is 0.0671.